The number of rotatable bonds is 3. The highest BCUT2D eigenvalue weighted by atomic mass is 19.1. The molecule has 6 heteroatoms. The van der Waals surface area contributed by atoms with Gasteiger partial charge in [0.2, 0.25) is 11.8 Å². The summed E-state index contributed by atoms with van der Waals surface area (Å²) in [4.78, 5) is 29.2. The highest BCUT2D eigenvalue weighted by Crippen LogP contribution is 2.26. The molecule has 0 saturated carbocycles. The Bertz CT molecular complexity index is 799. The summed E-state index contributed by atoms with van der Waals surface area (Å²) in [5.74, 6) is -1.02. The summed E-state index contributed by atoms with van der Waals surface area (Å²) in [7, 11) is 0. The number of piperidine rings is 1. The van der Waals surface area contributed by atoms with Crippen molar-refractivity contribution >= 4 is 22.7 Å². The summed E-state index contributed by atoms with van der Waals surface area (Å²) in [6, 6.07) is 4.61. The summed E-state index contributed by atoms with van der Waals surface area (Å²) in [5.41, 5.74) is 7.89. The number of amides is 2. The number of nitrogens with zero attached hydrogens (tertiary/aromatic N) is 1. The molecule has 24 heavy (non-hydrogen) atoms. The van der Waals surface area contributed by atoms with E-state index in [4.69, 9.17) is 5.73 Å². The number of aromatic amines is 1. The Kier molecular flexibility index (Phi) is 4.30. The second-order valence-electron chi connectivity index (χ2n) is 6.67. The molecular formula is C18H22FN3O2. The quantitative estimate of drug-likeness (QED) is 0.905. The first kappa shape index (κ1) is 16.5. The molecule has 3 rings (SSSR count). The van der Waals surface area contributed by atoms with Crippen molar-refractivity contribution in [1.29, 1.82) is 0 Å². The highest BCUT2D eigenvalue weighted by Gasteiger charge is 2.32. The van der Waals surface area contributed by atoms with Crippen molar-refractivity contribution in [1.82, 2.24) is 9.88 Å². The Hall–Kier alpha value is -2.37. The van der Waals surface area contributed by atoms with Crippen molar-refractivity contribution < 1.29 is 14.0 Å². The van der Waals surface area contributed by atoms with E-state index in [9.17, 15) is 14.0 Å². The lowest BCUT2D eigenvalue weighted by molar-refractivity contribution is -0.136. The summed E-state index contributed by atoms with van der Waals surface area (Å²) < 4.78 is 13.6. The topological polar surface area (TPSA) is 79.2 Å². The van der Waals surface area contributed by atoms with Crippen molar-refractivity contribution in [3.8, 4) is 0 Å². The number of nitrogens with two attached hydrogens (primary N) is 1. The molecule has 5 nitrogen and oxygen atoms in total. The molecule has 128 valence electrons. The number of nitrogens with one attached hydrogen (secondary N) is 1. The van der Waals surface area contributed by atoms with E-state index in [1.807, 2.05) is 13.8 Å². The lowest BCUT2D eigenvalue weighted by Gasteiger charge is -2.37. The molecule has 2 atom stereocenters. The van der Waals surface area contributed by atoms with Crippen LogP contribution in [0.5, 0.6) is 0 Å². The molecule has 0 unspecified atom stereocenters. The number of halogens is 1. The standard InChI is InChI=1S/C18H22FN3O2/c1-10-3-4-12(18(20)24)9-22(10)17(23)8-14-11(2)21-16-6-5-13(19)7-15(14)16/h5-7,10,12,21H,3-4,8-9H2,1-2H3,(H2,20,24)/t10-,12-/m1/s1. The number of hydrogen-bond donors (Lipinski definition) is 2. The molecule has 0 radical (unpaired) electrons. The van der Waals surface area contributed by atoms with Gasteiger partial charge in [0.1, 0.15) is 5.82 Å². The second kappa shape index (κ2) is 6.26. The maximum atomic E-state index is 13.6. The summed E-state index contributed by atoms with van der Waals surface area (Å²) in [6.07, 6.45) is 1.67. The van der Waals surface area contributed by atoms with Gasteiger partial charge in [0.25, 0.3) is 0 Å². The Morgan fingerprint density at radius 1 is 1.38 bits per heavy atom. The molecule has 1 fully saturated rings. The minimum Gasteiger partial charge on any atom is -0.369 e. The largest absolute Gasteiger partial charge is 0.369 e. The number of aromatic nitrogens is 1. The van der Waals surface area contributed by atoms with Gasteiger partial charge >= 0.3 is 0 Å². The van der Waals surface area contributed by atoms with E-state index in [-0.39, 0.29) is 36.0 Å². The predicted octanol–water partition coefficient (Wildman–Crippen LogP) is 2.27. The first-order chi connectivity index (χ1) is 11.4. The molecular weight excluding hydrogens is 309 g/mol. The number of aryl methyl sites for hydroxylation is 1. The molecule has 1 aromatic carbocycles. The molecule has 2 heterocycles. The van der Waals surface area contributed by atoms with Crippen LogP contribution in [0.15, 0.2) is 18.2 Å². The lowest BCUT2D eigenvalue weighted by Crippen LogP contribution is -2.49. The smallest absolute Gasteiger partial charge is 0.227 e. The van der Waals surface area contributed by atoms with E-state index >= 15 is 0 Å². The average molecular weight is 331 g/mol. The number of benzene rings is 1. The van der Waals surface area contributed by atoms with Crippen molar-refractivity contribution in [2.24, 2.45) is 11.7 Å². The molecule has 1 aliphatic heterocycles. The number of primary amides is 1. The molecule has 1 aromatic heterocycles. The number of fused-ring (bicyclic) bond motifs is 1. The van der Waals surface area contributed by atoms with Crippen LogP contribution in [0.25, 0.3) is 10.9 Å². The number of hydrogen-bond acceptors (Lipinski definition) is 2. The van der Waals surface area contributed by atoms with Gasteiger partial charge in [0, 0.05) is 29.2 Å². The van der Waals surface area contributed by atoms with Crippen molar-refractivity contribution in [2.75, 3.05) is 6.54 Å². The van der Waals surface area contributed by atoms with Crippen LogP contribution in [-0.2, 0) is 16.0 Å². The maximum absolute atomic E-state index is 13.6. The van der Waals surface area contributed by atoms with Crippen LogP contribution < -0.4 is 5.73 Å². The molecule has 0 bridgehead atoms. The molecule has 0 aliphatic carbocycles. The van der Waals surface area contributed by atoms with Crippen LogP contribution in [0.3, 0.4) is 0 Å². The Labute approximate surface area is 140 Å². The fourth-order valence-corrected chi connectivity index (χ4v) is 3.52. The number of carbonyl (C=O) groups is 2. The zero-order valence-corrected chi connectivity index (χ0v) is 13.9. The minimum atomic E-state index is -0.356. The number of carbonyl (C=O) groups excluding carboxylic acids is 2. The zero-order chi connectivity index (χ0) is 17.4. The van der Waals surface area contributed by atoms with Crippen molar-refractivity contribution in [3.05, 3.63) is 35.3 Å². The van der Waals surface area contributed by atoms with E-state index in [1.165, 1.54) is 12.1 Å². The van der Waals surface area contributed by atoms with Gasteiger partial charge < -0.3 is 15.6 Å². The van der Waals surface area contributed by atoms with Gasteiger partial charge in [-0.25, -0.2) is 4.39 Å². The molecule has 2 aromatic rings. The van der Waals surface area contributed by atoms with E-state index < -0.39 is 0 Å². The zero-order valence-electron chi connectivity index (χ0n) is 13.9. The number of H-pyrrole nitrogens is 1. The summed E-state index contributed by atoms with van der Waals surface area (Å²) in [5, 5.41) is 0.733. The Morgan fingerprint density at radius 2 is 2.12 bits per heavy atom. The van der Waals surface area contributed by atoms with Crippen LogP contribution in [0.4, 0.5) is 4.39 Å². The van der Waals surface area contributed by atoms with Crippen LogP contribution >= 0.6 is 0 Å². The Balaban J connectivity index is 1.85. The normalized spacial score (nSPS) is 21.2. The third-order valence-corrected chi connectivity index (χ3v) is 5.01. The molecule has 1 aliphatic rings. The van der Waals surface area contributed by atoms with Gasteiger partial charge in [0.05, 0.1) is 12.3 Å². The summed E-state index contributed by atoms with van der Waals surface area (Å²) >= 11 is 0. The fourth-order valence-electron chi connectivity index (χ4n) is 3.52. The van der Waals surface area contributed by atoms with Gasteiger partial charge in [-0.3, -0.25) is 9.59 Å². The lowest BCUT2D eigenvalue weighted by atomic mass is 9.92. The van der Waals surface area contributed by atoms with Gasteiger partial charge in [0.15, 0.2) is 0 Å². The first-order valence-corrected chi connectivity index (χ1v) is 8.22. The fraction of sp³-hybridized carbons (Fsp3) is 0.444. The number of likely N-dealkylation sites (tertiary alicyclic amines) is 1. The van der Waals surface area contributed by atoms with Gasteiger partial charge in [-0.05, 0) is 50.5 Å². The highest BCUT2D eigenvalue weighted by molar-refractivity contribution is 5.90. The van der Waals surface area contributed by atoms with E-state index in [0.29, 0.717) is 6.54 Å². The summed E-state index contributed by atoms with van der Waals surface area (Å²) in [6.45, 7) is 4.23. The predicted molar refractivity (Wildman–Crippen MR) is 89.8 cm³/mol. The van der Waals surface area contributed by atoms with Gasteiger partial charge in [-0.2, -0.15) is 0 Å². The SMILES string of the molecule is Cc1[nH]c2ccc(F)cc2c1CC(=O)N1C[C@H](C(N)=O)CC[C@H]1C. The average Bonchev–Trinajstić information content (AvgIpc) is 2.83. The third-order valence-electron chi connectivity index (χ3n) is 5.01. The van der Waals surface area contributed by atoms with Crippen LogP contribution in [0, 0.1) is 18.7 Å². The minimum absolute atomic E-state index is 0.0540. The molecule has 3 N–H and O–H groups in total. The molecule has 2 amide bonds. The Morgan fingerprint density at radius 3 is 2.83 bits per heavy atom. The first-order valence-electron chi connectivity index (χ1n) is 8.22. The monoisotopic (exact) mass is 331 g/mol. The third kappa shape index (κ3) is 3.00. The van der Waals surface area contributed by atoms with Crippen molar-refractivity contribution in [2.45, 2.75) is 39.2 Å². The van der Waals surface area contributed by atoms with E-state index in [0.717, 1.165) is 35.0 Å². The van der Waals surface area contributed by atoms with Crippen molar-refractivity contribution in [3.63, 3.8) is 0 Å². The van der Waals surface area contributed by atoms with Gasteiger partial charge in [-0.15, -0.1) is 0 Å². The van der Waals surface area contributed by atoms with Crippen LogP contribution in [0.1, 0.15) is 31.0 Å². The van der Waals surface area contributed by atoms with Crippen LogP contribution in [-0.4, -0.2) is 34.3 Å². The van der Waals surface area contributed by atoms with E-state index in [2.05, 4.69) is 4.98 Å². The maximum Gasteiger partial charge on any atom is 0.227 e. The molecule has 1 saturated heterocycles. The van der Waals surface area contributed by atoms with Crippen LogP contribution in [0.2, 0.25) is 0 Å². The second-order valence-corrected chi connectivity index (χ2v) is 6.67. The van der Waals surface area contributed by atoms with E-state index in [1.54, 1.807) is 11.0 Å². The van der Waals surface area contributed by atoms with Gasteiger partial charge in [-0.1, -0.05) is 0 Å². The molecule has 0 spiro atoms.